The highest BCUT2D eigenvalue weighted by molar-refractivity contribution is 7.09. The Morgan fingerprint density at radius 3 is 1.91 bits per heavy atom. The number of nitrogens with zero attached hydrogens (tertiary/aromatic N) is 3. The van der Waals surface area contributed by atoms with Gasteiger partial charge in [0, 0.05) is 32.4 Å². The Hall–Kier alpha value is -3.79. The van der Waals surface area contributed by atoms with E-state index in [1.807, 2.05) is 36.4 Å². The minimum absolute atomic E-state index is 0.140. The van der Waals surface area contributed by atoms with E-state index in [1.54, 1.807) is 43.0 Å². The van der Waals surface area contributed by atoms with Crippen LogP contribution in [0.3, 0.4) is 0 Å². The monoisotopic (exact) mass is 499 g/mol. The minimum Gasteiger partial charge on any atom is -0.497 e. The first-order valence-corrected chi connectivity index (χ1v) is 11.9. The van der Waals surface area contributed by atoms with Crippen molar-refractivity contribution in [3.05, 3.63) is 76.2 Å². The third kappa shape index (κ3) is 8.18. The molecule has 0 bridgehead atoms. The van der Waals surface area contributed by atoms with Gasteiger partial charge in [-0.05, 0) is 41.8 Å². The number of carboxylic acid groups (broad SMARTS) is 1. The highest BCUT2D eigenvalue weighted by Crippen LogP contribution is 2.16. The van der Waals surface area contributed by atoms with Gasteiger partial charge >= 0.3 is 12.2 Å². The van der Waals surface area contributed by atoms with Gasteiger partial charge in [0.15, 0.2) is 0 Å². The number of methoxy groups -OCH3 is 2. The molecule has 0 fully saturated rings. The second-order valence-electron chi connectivity index (χ2n) is 7.70. The van der Waals surface area contributed by atoms with Gasteiger partial charge in [0.2, 0.25) is 0 Å². The normalized spacial score (nSPS) is 10.5. The molecule has 10 heteroatoms. The van der Waals surface area contributed by atoms with Crippen molar-refractivity contribution in [2.45, 2.75) is 26.1 Å². The van der Waals surface area contributed by atoms with Gasteiger partial charge in [0.1, 0.15) is 18.1 Å². The van der Waals surface area contributed by atoms with Crippen molar-refractivity contribution in [3.8, 4) is 11.5 Å². The Morgan fingerprint density at radius 1 is 0.886 bits per heavy atom. The van der Waals surface area contributed by atoms with Crippen molar-refractivity contribution in [2.75, 3.05) is 27.3 Å². The first-order chi connectivity index (χ1) is 17.0. The second-order valence-corrected chi connectivity index (χ2v) is 8.67. The van der Waals surface area contributed by atoms with Crippen molar-refractivity contribution < 1.29 is 28.9 Å². The molecule has 1 aromatic heterocycles. The quantitative estimate of drug-likeness (QED) is 0.379. The van der Waals surface area contributed by atoms with Gasteiger partial charge < -0.3 is 29.1 Å². The van der Waals surface area contributed by atoms with Gasteiger partial charge in [0.05, 0.1) is 24.6 Å². The highest BCUT2D eigenvalue weighted by atomic mass is 32.1. The largest absolute Gasteiger partial charge is 0.497 e. The molecule has 2 aromatic carbocycles. The standard InChI is InChI=1S/C25H29N3O6S/c1-32-21-8-4-19(5-9-21)15-27(24(29)30)12-3-13-28(16-20-6-10-22(33-2)11-7-20)25(31)34-17-23-14-26-18-35-23/h4-11,14,18H,3,12-13,15-17H2,1-2H3,(H,29,30). The maximum atomic E-state index is 12.8. The Morgan fingerprint density at radius 2 is 1.43 bits per heavy atom. The Balaban J connectivity index is 1.61. The zero-order chi connectivity index (χ0) is 25.0. The summed E-state index contributed by atoms with van der Waals surface area (Å²) < 4.78 is 15.8. The fourth-order valence-electron chi connectivity index (χ4n) is 3.37. The van der Waals surface area contributed by atoms with Crippen LogP contribution < -0.4 is 9.47 Å². The van der Waals surface area contributed by atoms with Gasteiger partial charge in [0.25, 0.3) is 0 Å². The summed E-state index contributed by atoms with van der Waals surface area (Å²) in [6.45, 7) is 1.31. The van der Waals surface area contributed by atoms with E-state index >= 15 is 0 Å². The van der Waals surface area contributed by atoms with E-state index < -0.39 is 12.2 Å². The molecule has 1 N–H and O–H groups in total. The van der Waals surface area contributed by atoms with Crippen molar-refractivity contribution in [3.63, 3.8) is 0 Å². The molecule has 3 rings (SSSR count). The molecule has 0 aliphatic carbocycles. The van der Waals surface area contributed by atoms with Crippen LogP contribution in [0.25, 0.3) is 0 Å². The lowest BCUT2D eigenvalue weighted by Crippen LogP contribution is -2.35. The average molecular weight is 500 g/mol. The summed E-state index contributed by atoms with van der Waals surface area (Å²) in [5, 5.41) is 9.66. The summed E-state index contributed by atoms with van der Waals surface area (Å²) in [4.78, 5) is 32.4. The Kier molecular flexibility index (Phi) is 9.73. The van der Waals surface area contributed by atoms with Crippen molar-refractivity contribution in [2.24, 2.45) is 0 Å². The number of ether oxygens (including phenoxy) is 3. The van der Waals surface area contributed by atoms with E-state index in [2.05, 4.69) is 4.98 Å². The number of carbonyl (C=O) groups is 2. The van der Waals surface area contributed by atoms with Crippen LogP contribution in [-0.4, -0.2) is 59.4 Å². The molecule has 0 atom stereocenters. The summed E-state index contributed by atoms with van der Waals surface area (Å²) in [6, 6.07) is 14.7. The average Bonchev–Trinajstić information content (AvgIpc) is 3.40. The fourth-order valence-corrected chi connectivity index (χ4v) is 3.88. The molecular weight excluding hydrogens is 470 g/mol. The minimum atomic E-state index is -1.02. The highest BCUT2D eigenvalue weighted by Gasteiger charge is 2.18. The summed E-state index contributed by atoms with van der Waals surface area (Å²) in [5.41, 5.74) is 3.45. The van der Waals surface area contributed by atoms with Gasteiger partial charge in [-0.25, -0.2) is 9.59 Å². The maximum absolute atomic E-state index is 12.8. The number of carbonyl (C=O) groups excluding carboxylic acids is 1. The van der Waals surface area contributed by atoms with Crippen LogP contribution in [0, 0.1) is 0 Å². The number of rotatable bonds is 12. The molecule has 35 heavy (non-hydrogen) atoms. The van der Waals surface area contributed by atoms with Crippen LogP contribution in [0.2, 0.25) is 0 Å². The van der Waals surface area contributed by atoms with Crippen molar-refractivity contribution in [1.29, 1.82) is 0 Å². The number of hydrogen-bond donors (Lipinski definition) is 1. The van der Waals surface area contributed by atoms with E-state index in [-0.39, 0.29) is 19.7 Å². The van der Waals surface area contributed by atoms with Gasteiger partial charge in [-0.1, -0.05) is 24.3 Å². The molecule has 0 aliphatic rings. The number of benzene rings is 2. The summed E-state index contributed by atoms with van der Waals surface area (Å²) in [6.07, 6.45) is 0.630. The number of aromatic nitrogens is 1. The van der Waals surface area contributed by atoms with Crippen molar-refractivity contribution >= 4 is 23.5 Å². The summed E-state index contributed by atoms with van der Waals surface area (Å²) >= 11 is 1.41. The molecule has 1 heterocycles. The Bertz CT molecular complexity index is 1060. The first kappa shape index (κ1) is 25.8. The lowest BCUT2D eigenvalue weighted by atomic mass is 10.2. The molecule has 3 aromatic rings. The smallest absolute Gasteiger partial charge is 0.410 e. The predicted molar refractivity (Wildman–Crippen MR) is 132 cm³/mol. The van der Waals surface area contributed by atoms with Crippen LogP contribution >= 0.6 is 11.3 Å². The lowest BCUT2D eigenvalue weighted by molar-refractivity contribution is 0.0919. The van der Waals surface area contributed by atoms with Gasteiger partial charge in [-0.2, -0.15) is 0 Å². The predicted octanol–water partition coefficient (Wildman–Crippen LogP) is 4.87. The van der Waals surface area contributed by atoms with Crippen LogP contribution in [0.4, 0.5) is 9.59 Å². The third-order valence-corrected chi connectivity index (χ3v) is 6.02. The Labute approximate surface area is 208 Å². The van der Waals surface area contributed by atoms with Gasteiger partial charge in [-0.3, -0.25) is 4.98 Å². The molecule has 0 spiro atoms. The van der Waals surface area contributed by atoms with E-state index in [0.717, 1.165) is 21.8 Å². The molecule has 0 aliphatic heterocycles. The topological polar surface area (TPSA) is 101 Å². The number of hydrogen-bond acceptors (Lipinski definition) is 7. The molecule has 0 radical (unpaired) electrons. The summed E-state index contributed by atoms with van der Waals surface area (Å²) in [5.74, 6) is 1.44. The van der Waals surface area contributed by atoms with E-state index in [1.165, 1.54) is 16.2 Å². The van der Waals surface area contributed by atoms with Crippen LogP contribution in [0.15, 0.2) is 60.2 Å². The van der Waals surface area contributed by atoms with Crippen LogP contribution in [0.5, 0.6) is 11.5 Å². The second kappa shape index (κ2) is 13.2. The van der Waals surface area contributed by atoms with Crippen LogP contribution in [-0.2, 0) is 24.4 Å². The van der Waals surface area contributed by atoms with Crippen molar-refractivity contribution in [1.82, 2.24) is 14.8 Å². The first-order valence-electron chi connectivity index (χ1n) is 11.0. The summed E-state index contributed by atoms with van der Waals surface area (Å²) in [7, 11) is 3.18. The maximum Gasteiger partial charge on any atom is 0.410 e. The fraction of sp³-hybridized carbons (Fsp3) is 0.320. The number of thiazole rings is 1. The third-order valence-electron chi connectivity index (χ3n) is 5.27. The molecule has 0 saturated heterocycles. The zero-order valence-electron chi connectivity index (χ0n) is 19.8. The van der Waals surface area contributed by atoms with Gasteiger partial charge in [-0.15, -0.1) is 11.3 Å². The van der Waals surface area contributed by atoms with E-state index in [4.69, 9.17) is 14.2 Å². The number of amides is 2. The SMILES string of the molecule is COc1ccc(CN(CCCN(Cc2ccc(OC)cc2)C(=O)OCc2cncs2)C(=O)O)cc1. The molecule has 0 unspecified atom stereocenters. The molecule has 2 amide bonds. The zero-order valence-corrected chi connectivity index (χ0v) is 20.6. The van der Waals surface area contributed by atoms with E-state index in [0.29, 0.717) is 25.3 Å². The molecule has 186 valence electrons. The van der Waals surface area contributed by atoms with Crippen LogP contribution in [0.1, 0.15) is 22.4 Å². The van der Waals surface area contributed by atoms with E-state index in [9.17, 15) is 14.7 Å². The molecule has 9 nitrogen and oxygen atoms in total. The molecular formula is C25H29N3O6S. The lowest BCUT2D eigenvalue weighted by Gasteiger charge is -2.24. The molecule has 0 saturated carbocycles.